The molecule has 0 aliphatic carbocycles. The van der Waals surface area contributed by atoms with Crippen molar-refractivity contribution in [2.24, 2.45) is 0 Å². The fourth-order valence-corrected chi connectivity index (χ4v) is 2.86. The zero-order chi connectivity index (χ0) is 15.1. The molecular weight excluding hydrogens is 258 g/mol. The predicted molar refractivity (Wildman–Crippen MR) is 91.0 cm³/mol. The maximum atomic E-state index is 4.92. The minimum Gasteiger partial charge on any atom is -0.357 e. The van der Waals surface area contributed by atoms with Crippen molar-refractivity contribution < 1.29 is 0 Å². The highest BCUT2D eigenvalue weighted by molar-refractivity contribution is 5.43. The van der Waals surface area contributed by atoms with Gasteiger partial charge in [-0.3, -0.25) is 0 Å². The van der Waals surface area contributed by atoms with Crippen molar-refractivity contribution >= 4 is 5.82 Å². The van der Waals surface area contributed by atoms with E-state index in [1.807, 2.05) is 0 Å². The van der Waals surface area contributed by atoms with Crippen LogP contribution >= 0.6 is 0 Å². The summed E-state index contributed by atoms with van der Waals surface area (Å²) in [6, 6.07) is 4.56. The first kappa shape index (κ1) is 16.3. The van der Waals surface area contributed by atoms with Crippen molar-refractivity contribution in [3.63, 3.8) is 0 Å². The molecule has 0 spiro atoms. The van der Waals surface area contributed by atoms with Crippen molar-refractivity contribution in [2.45, 2.75) is 65.3 Å². The minimum atomic E-state index is 0.488. The lowest BCUT2D eigenvalue weighted by Gasteiger charge is -2.23. The molecular formula is C18H31N3. The molecule has 0 atom stereocenters. The van der Waals surface area contributed by atoms with Crippen molar-refractivity contribution in [3.05, 3.63) is 23.4 Å². The van der Waals surface area contributed by atoms with Crippen molar-refractivity contribution in [3.8, 4) is 0 Å². The minimum absolute atomic E-state index is 0.488. The lowest BCUT2D eigenvalue weighted by atomic mass is 10.1. The fraction of sp³-hybridized carbons (Fsp3) is 0.722. The molecule has 1 aliphatic rings. The van der Waals surface area contributed by atoms with Gasteiger partial charge in [0, 0.05) is 25.3 Å². The number of rotatable bonds is 6. The Balaban J connectivity index is 2.17. The molecule has 0 amide bonds. The fourth-order valence-electron chi connectivity index (χ4n) is 2.86. The van der Waals surface area contributed by atoms with E-state index in [1.165, 1.54) is 49.2 Å². The summed E-state index contributed by atoms with van der Waals surface area (Å²) < 4.78 is 0. The standard InChI is InChI=1S/C18H31N3/c1-4-9-19-14-16-12-17(15(2)3)20-18(13-16)21-10-7-5-6-8-11-21/h12-13,15,19H,4-11,14H2,1-3H3. The Bertz CT molecular complexity index is 420. The number of aromatic nitrogens is 1. The third-order valence-corrected chi connectivity index (χ3v) is 4.17. The molecule has 1 aliphatic heterocycles. The first-order valence-corrected chi connectivity index (χ1v) is 8.67. The highest BCUT2D eigenvalue weighted by Gasteiger charge is 2.14. The molecule has 2 rings (SSSR count). The molecule has 21 heavy (non-hydrogen) atoms. The van der Waals surface area contributed by atoms with Gasteiger partial charge < -0.3 is 10.2 Å². The van der Waals surface area contributed by atoms with Gasteiger partial charge in [-0.2, -0.15) is 0 Å². The highest BCUT2D eigenvalue weighted by Crippen LogP contribution is 2.23. The third-order valence-electron chi connectivity index (χ3n) is 4.17. The Labute approximate surface area is 130 Å². The summed E-state index contributed by atoms with van der Waals surface area (Å²) in [5.74, 6) is 1.68. The van der Waals surface area contributed by atoms with Crippen LogP contribution in [0.4, 0.5) is 5.82 Å². The van der Waals surface area contributed by atoms with Crippen LogP contribution in [-0.2, 0) is 6.54 Å². The van der Waals surface area contributed by atoms with Gasteiger partial charge in [-0.25, -0.2) is 4.98 Å². The quantitative estimate of drug-likeness (QED) is 0.800. The van der Waals surface area contributed by atoms with E-state index in [2.05, 4.69) is 43.1 Å². The second-order valence-electron chi connectivity index (χ2n) is 6.49. The SMILES string of the molecule is CCCNCc1cc(C(C)C)nc(N2CCCCCC2)c1. The van der Waals surface area contributed by atoms with Crippen molar-refractivity contribution in [1.29, 1.82) is 0 Å². The first-order valence-electron chi connectivity index (χ1n) is 8.67. The molecule has 3 nitrogen and oxygen atoms in total. The summed E-state index contributed by atoms with van der Waals surface area (Å²) >= 11 is 0. The molecule has 1 aromatic rings. The van der Waals surface area contributed by atoms with Crippen LogP contribution in [0.5, 0.6) is 0 Å². The van der Waals surface area contributed by atoms with Crippen LogP contribution in [0.2, 0.25) is 0 Å². The van der Waals surface area contributed by atoms with Gasteiger partial charge in [0.2, 0.25) is 0 Å². The molecule has 1 aromatic heterocycles. The molecule has 1 fully saturated rings. The average Bonchev–Trinajstić information content (AvgIpc) is 2.76. The Morgan fingerprint density at radius 1 is 1.14 bits per heavy atom. The number of nitrogens with one attached hydrogen (secondary N) is 1. The summed E-state index contributed by atoms with van der Waals surface area (Å²) in [7, 11) is 0. The zero-order valence-corrected chi connectivity index (χ0v) is 14.0. The molecule has 118 valence electrons. The predicted octanol–water partition coefficient (Wildman–Crippen LogP) is 4.09. The van der Waals surface area contributed by atoms with Crippen LogP contribution in [-0.4, -0.2) is 24.6 Å². The Morgan fingerprint density at radius 3 is 2.48 bits per heavy atom. The van der Waals surface area contributed by atoms with Crippen LogP contribution in [0.25, 0.3) is 0 Å². The van der Waals surface area contributed by atoms with Gasteiger partial charge in [0.1, 0.15) is 5.82 Å². The van der Waals surface area contributed by atoms with E-state index in [4.69, 9.17) is 4.98 Å². The van der Waals surface area contributed by atoms with Gasteiger partial charge in [0.25, 0.3) is 0 Å². The largest absolute Gasteiger partial charge is 0.357 e. The van der Waals surface area contributed by atoms with Gasteiger partial charge >= 0.3 is 0 Å². The van der Waals surface area contributed by atoms with E-state index >= 15 is 0 Å². The smallest absolute Gasteiger partial charge is 0.129 e. The van der Waals surface area contributed by atoms with Gasteiger partial charge in [-0.15, -0.1) is 0 Å². The second kappa shape index (κ2) is 8.38. The monoisotopic (exact) mass is 289 g/mol. The van der Waals surface area contributed by atoms with Crippen LogP contribution in [0.1, 0.15) is 70.1 Å². The molecule has 3 heteroatoms. The summed E-state index contributed by atoms with van der Waals surface area (Å²) in [6.45, 7) is 11.0. The number of hydrogen-bond acceptors (Lipinski definition) is 3. The lowest BCUT2D eigenvalue weighted by Crippen LogP contribution is -2.26. The summed E-state index contributed by atoms with van der Waals surface area (Å²) in [4.78, 5) is 7.41. The second-order valence-corrected chi connectivity index (χ2v) is 6.49. The van der Waals surface area contributed by atoms with E-state index in [0.717, 1.165) is 26.2 Å². The maximum absolute atomic E-state index is 4.92. The van der Waals surface area contributed by atoms with Crippen LogP contribution in [0, 0.1) is 0 Å². The van der Waals surface area contributed by atoms with Gasteiger partial charge in [0.15, 0.2) is 0 Å². The number of nitrogens with zero attached hydrogens (tertiary/aromatic N) is 2. The van der Waals surface area contributed by atoms with Crippen LogP contribution < -0.4 is 10.2 Å². The molecule has 2 heterocycles. The summed E-state index contributed by atoms with van der Waals surface area (Å²) in [5.41, 5.74) is 2.60. The van der Waals surface area contributed by atoms with E-state index in [0.29, 0.717) is 5.92 Å². The molecule has 1 N–H and O–H groups in total. The zero-order valence-electron chi connectivity index (χ0n) is 14.0. The Hall–Kier alpha value is -1.09. The Kier molecular flexibility index (Phi) is 6.50. The van der Waals surface area contributed by atoms with E-state index in [-0.39, 0.29) is 0 Å². The summed E-state index contributed by atoms with van der Waals surface area (Å²) in [6.07, 6.45) is 6.52. The molecule has 0 aromatic carbocycles. The normalized spacial score (nSPS) is 16.3. The van der Waals surface area contributed by atoms with Crippen LogP contribution in [0.15, 0.2) is 12.1 Å². The first-order chi connectivity index (χ1) is 10.2. The van der Waals surface area contributed by atoms with Gasteiger partial charge in [-0.05, 0) is 49.4 Å². The van der Waals surface area contributed by atoms with E-state index in [9.17, 15) is 0 Å². The summed E-state index contributed by atoms with van der Waals surface area (Å²) in [5, 5.41) is 3.51. The average molecular weight is 289 g/mol. The van der Waals surface area contributed by atoms with Gasteiger partial charge in [0.05, 0.1) is 0 Å². The lowest BCUT2D eigenvalue weighted by molar-refractivity contribution is 0.671. The molecule has 0 unspecified atom stereocenters. The maximum Gasteiger partial charge on any atom is 0.129 e. The highest BCUT2D eigenvalue weighted by atomic mass is 15.2. The van der Waals surface area contributed by atoms with E-state index < -0.39 is 0 Å². The van der Waals surface area contributed by atoms with Gasteiger partial charge in [-0.1, -0.05) is 33.6 Å². The Morgan fingerprint density at radius 2 is 1.86 bits per heavy atom. The molecule has 0 bridgehead atoms. The molecule has 1 saturated heterocycles. The number of pyridine rings is 1. The number of anilines is 1. The van der Waals surface area contributed by atoms with Crippen molar-refractivity contribution in [1.82, 2.24) is 10.3 Å². The van der Waals surface area contributed by atoms with Crippen molar-refractivity contribution in [2.75, 3.05) is 24.5 Å². The topological polar surface area (TPSA) is 28.2 Å². The van der Waals surface area contributed by atoms with Crippen LogP contribution in [0.3, 0.4) is 0 Å². The number of hydrogen-bond donors (Lipinski definition) is 1. The molecule has 0 radical (unpaired) electrons. The van der Waals surface area contributed by atoms with E-state index in [1.54, 1.807) is 0 Å². The third kappa shape index (κ3) is 4.99. The molecule has 0 saturated carbocycles.